The van der Waals surface area contributed by atoms with Gasteiger partial charge in [0, 0.05) is 31.1 Å². The summed E-state index contributed by atoms with van der Waals surface area (Å²) >= 11 is 0. The molecule has 1 aromatic carbocycles. The largest absolute Gasteiger partial charge is 0.343 e. The summed E-state index contributed by atoms with van der Waals surface area (Å²) in [5.74, 6) is -0.287. The lowest BCUT2D eigenvalue weighted by Crippen LogP contribution is -2.31. The van der Waals surface area contributed by atoms with Gasteiger partial charge in [-0.2, -0.15) is 0 Å². The van der Waals surface area contributed by atoms with E-state index >= 15 is 0 Å². The average molecular weight is 347 g/mol. The van der Waals surface area contributed by atoms with Gasteiger partial charge in [0.15, 0.2) is 0 Å². The molecule has 1 amide bonds. The number of nitrogens with one attached hydrogen (secondary N) is 1. The normalized spacial score (nSPS) is 11.8. The highest BCUT2D eigenvalue weighted by Gasteiger charge is 2.18. The minimum Gasteiger partial charge on any atom is -0.343 e. The molecule has 3 rings (SSSR count). The third-order valence-corrected chi connectivity index (χ3v) is 4.28. The lowest BCUT2D eigenvalue weighted by molar-refractivity contribution is 0.0935. The van der Waals surface area contributed by atoms with E-state index in [1.54, 1.807) is 25.5 Å². The number of nitrogens with zero attached hydrogens (tertiary/aromatic N) is 2. The summed E-state index contributed by atoms with van der Waals surface area (Å²) in [4.78, 5) is 28.8. The summed E-state index contributed by atoms with van der Waals surface area (Å²) in [5.41, 5.74) is 3.21. The third kappa shape index (κ3) is 4.25. The molecule has 1 atom stereocenters. The van der Waals surface area contributed by atoms with E-state index in [0.29, 0.717) is 12.0 Å². The first-order valence-corrected chi connectivity index (χ1v) is 8.47. The number of amides is 1. The molecular weight excluding hydrogens is 326 g/mol. The number of hydrogen-bond donors (Lipinski definition) is 1. The molecule has 0 spiro atoms. The Kier molecular flexibility index (Phi) is 5.27. The highest BCUT2D eigenvalue weighted by Crippen LogP contribution is 2.17. The molecule has 2 heterocycles. The molecule has 0 fully saturated rings. The first kappa shape index (κ1) is 17.6. The van der Waals surface area contributed by atoms with Gasteiger partial charge in [0.25, 0.3) is 11.5 Å². The van der Waals surface area contributed by atoms with Crippen LogP contribution in [0.4, 0.5) is 0 Å². The molecule has 0 saturated heterocycles. The van der Waals surface area contributed by atoms with E-state index in [1.807, 2.05) is 37.3 Å². The molecule has 1 N–H and O–H groups in total. The molecule has 26 heavy (non-hydrogen) atoms. The second kappa shape index (κ2) is 7.78. The van der Waals surface area contributed by atoms with Crippen LogP contribution >= 0.6 is 0 Å². The maximum atomic E-state index is 12.6. The van der Waals surface area contributed by atoms with Crippen molar-refractivity contribution in [2.75, 3.05) is 0 Å². The molecule has 0 bridgehead atoms. The van der Waals surface area contributed by atoms with Crippen LogP contribution in [-0.4, -0.2) is 15.5 Å². The number of carbonyl (C=O) groups is 1. The van der Waals surface area contributed by atoms with Crippen LogP contribution in [0.2, 0.25) is 0 Å². The number of aryl methyl sites for hydroxylation is 2. The van der Waals surface area contributed by atoms with Crippen molar-refractivity contribution in [3.8, 4) is 0 Å². The molecule has 0 saturated carbocycles. The Labute approximate surface area is 152 Å². The van der Waals surface area contributed by atoms with Gasteiger partial charge < -0.3 is 9.88 Å². The van der Waals surface area contributed by atoms with Gasteiger partial charge in [0.05, 0.1) is 11.7 Å². The number of rotatable bonds is 5. The van der Waals surface area contributed by atoms with Crippen molar-refractivity contribution in [3.05, 3.63) is 99.7 Å². The topological polar surface area (TPSA) is 64.0 Å². The van der Waals surface area contributed by atoms with Crippen LogP contribution in [0.1, 0.15) is 33.2 Å². The fourth-order valence-electron chi connectivity index (χ4n) is 2.70. The van der Waals surface area contributed by atoms with E-state index in [0.717, 1.165) is 11.3 Å². The van der Waals surface area contributed by atoms with Gasteiger partial charge in [-0.3, -0.25) is 14.6 Å². The van der Waals surface area contributed by atoms with Gasteiger partial charge in [0.1, 0.15) is 0 Å². The predicted molar refractivity (Wildman–Crippen MR) is 101 cm³/mol. The monoisotopic (exact) mass is 347 g/mol. The first-order valence-electron chi connectivity index (χ1n) is 8.47. The molecule has 0 aliphatic heterocycles. The molecular formula is C21H21N3O2. The van der Waals surface area contributed by atoms with E-state index in [4.69, 9.17) is 0 Å². The Balaban J connectivity index is 1.85. The molecule has 5 nitrogen and oxygen atoms in total. The second-order valence-corrected chi connectivity index (χ2v) is 6.33. The Bertz CT molecular complexity index is 947. The van der Waals surface area contributed by atoms with Crippen LogP contribution in [-0.2, 0) is 13.5 Å². The Morgan fingerprint density at radius 3 is 2.58 bits per heavy atom. The van der Waals surface area contributed by atoms with Crippen LogP contribution in [0.3, 0.4) is 0 Å². The molecule has 0 radical (unpaired) electrons. The van der Waals surface area contributed by atoms with E-state index in [1.165, 1.54) is 16.2 Å². The molecule has 0 unspecified atom stereocenters. The van der Waals surface area contributed by atoms with E-state index in [-0.39, 0.29) is 17.5 Å². The fourth-order valence-corrected chi connectivity index (χ4v) is 2.70. The summed E-state index contributed by atoms with van der Waals surface area (Å²) in [7, 11) is 1.65. The van der Waals surface area contributed by atoms with Crippen molar-refractivity contribution in [2.45, 2.75) is 19.4 Å². The third-order valence-electron chi connectivity index (χ3n) is 4.28. The van der Waals surface area contributed by atoms with Crippen molar-refractivity contribution >= 4 is 5.91 Å². The lowest BCUT2D eigenvalue weighted by Gasteiger charge is -2.19. The molecule has 0 aliphatic rings. The molecule has 2 aromatic heterocycles. The van der Waals surface area contributed by atoms with Crippen LogP contribution in [0.25, 0.3) is 0 Å². The summed E-state index contributed by atoms with van der Waals surface area (Å²) in [5, 5.41) is 3.01. The van der Waals surface area contributed by atoms with E-state index in [2.05, 4.69) is 22.4 Å². The fraction of sp³-hybridized carbons (Fsp3) is 0.190. The van der Waals surface area contributed by atoms with Crippen molar-refractivity contribution < 1.29 is 4.79 Å². The highest BCUT2D eigenvalue weighted by molar-refractivity contribution is 5.94. The Hall–Kier alpha value is -3.21. The smallest absolute Gasteiger partial charge is 0.252 e. The Morgan fingerprint density at radius 2 is 1.92 bits per heavy atom. The number of carbonyl (C=O) groups excluding carboxylic acids is 1. The van der Waals surface area contributed by atoms with Crippen LogP contribution < -0.4 is 10.9 Å². The zero-order valence-corrected chi connectivity index (χ0v) is 14.8. The summed E-state index contributed by atoms with van der Waals surface area (Å²) in [6.07, 6.45) is 3.92. The number of hydrogen-bond acceptors (Lipinski definition) is 3. The van der Waals surface area contributed by atoms with Crippen molar-refractivity contribution in [3.63, 3.8) is 0 Å². The van der Waals surface area contributed by atoms with Crippen molar-refractivity contribution in [2.24, 2.45) is 7.05 Å². The van der Waals surface area contributed by atoms with E-state index < -0.39 is 0 Å². The van der Waals surface area contributed by atoms with Crippen LogP contribution in [0.15, 0.2) is 71.8 Å². The second-order valence-electron chi connectivity index (χ2n) is 6.33. The number of pyridine rings is 2. The minimum atomic E-state index is -0.287. The zero-order valence-electron chi connectivity index (χ0n) is 14.8. The maximum absolute atomic E-state index is 12.6. The molecule has 5 heteroatoms. The standard InChI is InChI=1S/C21H21N3O2/c1-15-6-8-16(9-7-15)13-19(18-5-3-4-11-22-18)23-21(26)17-10-12-24(2)20(25)14-17/h3-12,14,19H,13H2,1-2H3,(H,23,26)/t19-/m0/s1. The van der Waals surface area contributed by atoms with Gasteiger partial charge in [-0.25, -0.2) is 0 Å². The van der Waals surface area contributed by atoms with Gasteiger partial charge in [-0.1, -0.05) is 35.9 Å². The average Bonchev–Trinajstić information content (AvgIpc) is 2.66. The maximum Gasteiger partial charge on any atom is 0.252 e. The quantitative estimate of drug-likeness (QED) is 0.772. The number of aromatic nitrogens is 2. The van der Waals surface area contributed by atoms with Gasteiger partial charge in [-0.15, -0.1) is 0 Å². The van der Waals surface area contributed by atoms with Crippen molar-refractivity contribution in [1.82, 2.24) is 14.9 Å². The highest BCUT2D eigenvalue weighted by atomic mass is 16.2. The molecule has 3 aromatic rings. The van der Waals surface area contributed by atoms with Gasteiger partial charge in [0.2, 0.25) is 0 Å². The lowest BCUT2D eigenvalue weighted by atomic mass is 10.0. The first-order chi connectivity index (χ1) is 12.5. The van der Waals surface area contributed by atoms with Crippen molar-refractivity contribution in [1.29, 1.82) is 0 Å². The summed E-state index contributed by atoms with van der Waals surface area (Å²) in [6, 6.07) is 16.5. The van der Waals surface area contributed by atoms with Gasteiger partial charge >= 0.3 is 0 Å². The van der Waals surface area contributed by atoms with Crippen LogP contribution in [0.5, 0.6) is 0 Å². The van der Waals surface area contributed by atoms with Crippen LogP contribution in [0, 0.1) is 6.92 Å². The Morgan fingerprint density at radius 1 is 1.15 bits per heavy atom. The summed E-state index contributed by atoms with van der Waals surface area (Å²) < 4.78 is 1.43. The minimum absolute atomic E-state index is 0.217. The molecule has 0 aliphatic carbocycles. The SMILES string of the molecule is Cc1ccc(C[C@H](NC(=O)c2ccn(C)c(=O)c2)c2ccccn2)cc1. The molecule has 132 valence electrons. The predicted octanol–water partition coefficient (Wildman–Crippen LogP) is 2.80. The van der Waals surface area contributed by atoms with Gasteiger partial charge in [-0.05, 0) is 37.1 Å². The zero-order chi connectivity index (χ0) is 18.5. The summed E-state index contributed by atoms with van der Waals surface area (Å²) in [6.45, 7) is 2.04. The van der Waals surface area contributed by atoms with E-state index in [9.17, 15) is 9.59 Å². The number of benzene rings is 1.